The summed E-state index contributed by atoms with van der Waals surface area (Å²) in [6.07, 6.45) is 3.43. The lowest BCUT2D eigenvalue weighted by Crippen LogP contribution is -2.43. The molecule has 0 aliphatic carbocycles. The Balaban J connectivity index is 1.87. The van der Waals surface area contributed by atoms with Gasteiger partial charge < -0.3 is 10.4 Å². The highest BCUT2D eigenvalue weighted by Gasteiger charge is 2.35. The second-order valence-electron chi connectivity index (χ2n) is 4.70. The van der Waals surface area contributed by atoms with Gasteiger partial charge in [0.05, 0.1) is 5.60 Å². The average molecular weight is 184 g/mol. The second kappa shape index (κ2) is 3.56. The maximum Gasteiger partial charge on any atom is 0.0758 e. The molecule has 3 heteroatoms. The Morgan fingerprint density at radius 1 is 1.38 bits per heavy atom. The molecule has 0 bridgehead atoms. The standard InChI is InChI=1S/C10H20N2O/c1-10(13)4-7-12(8-10)9-2-5-11-6-3-9/h9,11,13H,2-8H2,1H3. The summed E-state index contributed by atoms with van der Waals surface area (Å²) >= 11 is 0. The molecule has 1 unspecified atom stereocenters. The lowest BCUT2D eigenvalue weighted by molar-refractivity contribution is 0.0590. The van der Waals surface area contributed by atoms with E-state index in [1.807, 2.05) is 6.92 Å². The zero-order chi connectivity index (χ0) is 9.31. The molecular weight excluding hydrogens is 164 g/mol. The monoisotopic (exact) mass is 184 g/mol. The number of piperidine rings is 1. The van der Waals surface area contributed by atoms with Crippen molar-refractivity contribution in [3.8, 4) is 0 Å². The SMILES string of the molecule is CC1(O)CCN(C2CCNCC2)C1. The van der Waals surface area contributed by atoms with Crippen LogP contribution in [0.2, 0.25) is 0 Å². The summed E-state index contributed by atoms with van der Waals surface area (Å²) in [5.74, 6) is 0. The smallest absolute Gasteiger partial charge is 0.0758 e. The molecule has 2 saturated heterocycles. The van der Waals surface area contributed by atoms with Gasteiger partial charge in [0.1, 0.15) is 0 Å². The van der Waals surface area contributed by atoms with Gasteiger partial charge in [0, 0.05) is 19.1 Å². The largest absolute Gasteiger partial charge is 0.389 e. The quantitative estimate of drug-likeness (QED) is 0.611. The van der Waals surface area contributed by atoms with E-state index in [-0.39, 0.29) is 0 Å². The molecule has 2 N–H and O–H groups in total. The molecule has 0 amide bonds. The van der Waals surface area contributed by atoms with Crippen LogP contribution >= 0.6 is 0 Å². The highest BCUT2D eigenvalue weighted by atomic mass is 16.3. The van der Waals surface area contributed by atoms with Crippen molar-refractivity contribution >= 4 is 0 Å². The zero-order valence-electron chi connectivity index (χ0n) is 8.42. The number of hydrogen-bond donors (Lipinski definition) is 2. The van der Waals surface area contributed by atoms with Crippen molar-refractivity contribution < 1.29 is 5.11 Å². The normalized spacial score (nSPS) is 38.3. The third-order valence-electron chi connectivity index (χ3n) is 3.31. The van der Waals surface area contributed by atoms with Gasteiger partial charge in [-0.15, -0.1) is 0 Å². The first-order valence-electron chi connectivity index (χ1n) is 5.34. The Hall–Kier alpha value is -0.120. The van der Waals surface area contributed by atoms with Crippen LogP contribution in [-0.2, 0) is 0 Å². The minimum atomic E-state index is -0.426. The van der Waals surface area contributed by atoms with Crippen LogP contribution in [0.25, 0.3) is 0 Å². The molecule has 2 rings (SSSR count). The third kappa shape index (κ3) is 2.22. The first-order chi connectivity index (χ1) is 6.17. The van der Waals surface area contributed by atoms with E-state index in [0.717, 1.165) is 38.6 Å². The van der Waals surface area contributed by atoms with Gasteiger partial charge in [0.15, 0.2) is 0 Å². The number of aliphatic hydroxyl groups is 1. The van der Waals surface area contributed by atoms with Gasteiger partial charge >= 0.3 is 0 Å². The molecule has 0 aromatic rings. The molecule has 1 atom stereocenters. The Labute approximate surface area is 80.1 Å². The summed E-state index contributed by atoms with van der Waals surface area (Å²) in [5, 5.41) is 13.2. The molecule has 0 radical (unpaired) electrons. The van der Waals surface area contributed by atoms with Crippen LogP contribution in [-0.4, -0.2) is 47.8 Å². The van der Waals surface area contributed by atoms with Crippen LogP contribution in [0, 0.1) is 0 Å². The molecule has 2 fully saturated rings. The van der Waals surface area contributed by atoms with Gasteiger partial charge in [-0.3, -0.25) is 4.90 Å². The maximum absolute atomic E-state index is 9.84. The number of nitrogens with one attached hydrogen (secondary N) is 1. The number of β-amino-alcohol motifs (C(OH)–C–C–N with tert-alkyl or cyclic N) is 1. The van der Waals surface area contributed by atoms with Crippen molar-refractivity contribution in [1.29, 1.82) is 0 Å². The molecule has 76 valence electrons. The highest BCUT2D eigenvalue weighted by Crippen LogP contribution is 2.25. The van der Waals surface area contributed by atoms with E-state index in [4.69, 9.17) is 0 Å². The zero-order valence-corrected chi connectivity index (χ0v) is 8.42. The summed E-state index contributed by atoms with van der Waals surface area (Å²) in [6, 6.07) is 0.718. The van der Waals surface area contributed by atoms with Gasteiger partial charge in [-0.25, -0.2) is 0 Å². The number of nitrogens with zero attached hydrogens (tertiary/aromatic N) is 1. The van der Waals surface area contributed by atoms with Crippen LogP contribution in [0.15, 0.2) is 0 Å². The van der Waals surface area contributed by atoms with E-state index in [1.54, 1.807) is 0 Å². The molecule has 2 heterocycles. The van der Waals surface area contributed by atoms with E-state index in [2.05, 4.69) is 10.2 Å². The van der Waals surface area contributed by atoms with Crippen molar-refractivity contribution in [2.24, 2.45) is 0 Å². The average Bonchev–Trinajstić information content (AvgIpc) is 2.48. The Morgan fingerprint density at radius 2 is 2.08 bits per heavy atom. The Morgan fingerprint density at radius 3 is 2.62 bits per heavy atom. The van der Waals surface area contributed by atoms with Crippen molar-refractivity contribution in [1.82, 2.24) is 10.2 Å². The molecule has 0 spiro atoms. The molecular formula is C10H20N2O. The van der Waals surface area contributed by atoms with Gasteiger partial charge in [0.2, 0.25) is 0 Å². The van der Waals surface area contributed by atoms with E-state index in [9.17, 15) is 5.11 Å². The predicted molar refractivity (Wildman–Crippen MR) is 52.7 cm³/mol. The molecule has 2 aliphatic rings. The van der Waals surface area contributed by atoms with Crippen LogP contribution in [0.3, 0.4) is 0 Å². The van der Waals surface area contributed by atoms with E-state index < -0.39 is 5.60 Å². The minimum Gasteiger partial charge on any atom is -0.389 e. The summed E-state index contributed by atoms with van der Waals surface area (Å²) in [5.41, 5.74) is -0.426. The molecule has 13 heavy (non-hydrogen) atoms. The molecule has 0 saturated carbocycles. The van der Waals surface area contributed by atoms with Gasteiger partial charge in [-0.2, -0.15) is 0 Å². The lowest BCUT2D eigenvalue weighted by atomic mass is 10.0. The summed E-state index contributed by atoms with van der Waals surface area (Å²) in [6.45, 7) is 6.19. The van der Waals surface area contributed by atoms with Crippen LogP contribution in [0.1, 0.15) is 26.2 Å². The number of rotatable bonds is 1. The van der Waals surface area contributed by atoms with E-state index >= 15 is 0 Å². The molecule has 0 aromatic carbocycles. The van der Waals surface area contributed by atoms with Crippen LogP contribution in [0.4, 0.5) is 0 Å². The Kier molecular flexibility index (Phi) is 2.58. The number of likely N-dealkylation sites (tertiary alicyclic amines) is 1. The van der Waals surface area contributed by atoms with Crippen molar-refractivity contribution in [2.75, 3.05) is 26.2 Å². The first kappa shape index (κ1) is 9.44. The van der Waals surface area contributed by atoms with Gasteiger partial charge in [0.25, 0.3) is 0 Å². The third-order valence-corrected chi connectivity index (χ3v) is 3.31. The van der Waals surface area contributed by atoms with Gasteiger partial charge in [-0.05, 0) is 39.3 Å². The van der Waals surface area contributed by atoms with Crippen LogP contribution in [0.5, 0.6) is 0 Å². The summed E-state index contributed by atoms with van der Waals surface area (Å²) in [4.78, 5) is 2.46. The Bertz CT molecular complexity index is 176. The van der Waals surface area contributed by atoms with Crippen molar-refractivity contribution in [2.45, 2.75) is 37.8 Å². The van der Waals surface area contributed by atoms with E-state index in [0.29, 0.717) is 0 Å². The van der Waals surface area contributed by atoms with Crippen molar-refractivity contribution in [3.63, 3.8) is 0 Å². The molecule has 3 nitrogen and oxygen atoms in total. The van der Waals surface area contributed by atoms with Crippen molar-refractivity contribution in [3.05, 3.63) is 0 Å². The fourth-order valence-corrected chi connectivity index (χ4v) is 2.46. The second-order valence-corrected chi connectivity index (χ2v) is 4.70. The molecule has 0 aromatic heterocycles. The topological polar surface area (TPSA) is 35.5 Å². The minimum absolute atomic E-state index is 0.426. The fraction of sp³-hybridized carbons (Fsp3) is 1.00. The van der Waals surface area contributed by atoms with E-state index in [1.165, 1.54) is 12.8 Å². The maximum atomic E-state index is 9.84. The van der Waals surface area contributed by atoms with Gasteiger partial charge in [-0.1, -0.05) is 0 Å². The fourth-order valence-electron chi connectivity index (χ4n) is 2.46. The highest BCUT2D eigenvalue weighted by molar-refractivity contribution is 4.90. The van der Waals surface area contributed by atoms with Crippen LogP contribution < -0.4 is 5.32 Å². The number of hydrogen-bond acceptors (Lipinski definition) is 3. The molecule has 2 aliphatic heterocycles. The summed E-state index contributed by atoms with van der Waals surface area (Å²) in [7, 11) is 0. The first-order valence-corrected chi connectivity index (χ1v) is 5.34. The predicted octanol–water partition coefficient (Wildman–Crippen LogP) is 0.195. The summed E-state index contributed by atoms with van der Waals surface area (Å²) < 4.78 is 0. The lowest BCUT2D eigenvalue weighted by Gasteiger charge is -2.31.